The average Bonchev–Trinajstić information content (AvgIpc) is 2.28. The normalized spacial score (nSPS) is 12.5. The smallest absolute Gasteiger partial charge is 0.122 e. The topological polar surface area (TPSA) is 43.4 Å². The van der Waals surface area contributed by atoms with E-state index in [9.17, 15) is 0 Å². The molecule has 0 aliphatic rings. The van der Waals surface area contributed by atoms with Crippen LogP contribution in [0.2, 0.25) is 0 Å². The van der Waals surface area contributed by atoms with Gasteiger partial charge in [0.25, 0.3) is 0 Å². The Kier molecular flexibility index (Phi) is 6.26. The average molecular weight is 259 g/mol. The number of ether oxygens (including phenoxy) is 2. The number of hydrogen-bond donors (Lipinski definition) is 1. The van der Waals surface area contributed by atoms with Crippen LogP contribution in [0.1, 0.15) is 11.4 Å². The second-order valence-corrected chi connectivity index (χ2v) is 4.44. The lowest BCUT2D eigenvalue weighted by molar-refractivity contribution is 0.197. The first-order valence-electron chi connectivity index (χ1n) is 5.51. The van der Waals surface area contributed by atoms with Crippen LogP contribution in [0.3, 0.4) is 0 Å². The molecular formula is C12H19ClN2O2. The molecule has 0 saturated carbocycles. The van der Waals surface area contributed by atoms with Gasteiger partial charge in [0.1, 0.15) is 5.75 Å². The van der Waals surface area contributed by atoms with E-state index < -0.39 is 0 Å². The summed E-state index contributed by atoms with van der Waals surface area (Å²) in [4.78, 5) is 4.41. The monoisotopic (exact) mass is 258 g/mol. The predicted molar refractivity (Wildman–Crippen MR) is 68.7 cm³/mol. The van der Waals surface area contributed by atoms with E-state index in [1.165, 1.54) is 0 Å². The van der Waals surface area contributed by atoms with E-state index in [2.05, 4.69) is 10.3 Å². The summed E-state index contributed by atoms with van der Waals surface area (Å²) in [5.74, 6) is 0.827. The van der Waals surface area contributed by atoms with Crippen LogP contribution < -0.4 is 10.1 Å². The first-order chi connectivity index (χ1) is 8.15. The van der Waals surface area contributed by atoms with Gasteiger partial charge in [-0.05, 0) is 6.92 Å². The Morgan fingerprint density at radius 2 is 2.18 bits per heavy atom. The quantitative estimate of drug-likeness (QED) is 0.757. The Bertz CT molecular complexity index is 347. The number of alkyl halides is 1. The molecule has 1 rings (SSSR count). The third-order valence-corrected chi connectivity index (χ3v) is 2.52. The molecule has 1 aromatic rings. The maximum absolute atomic E-state index is 6.00. The molecule has 0 fully saturated rings. The largest absolute Gasteiger partial charge is 0.497 e. The zero-order valence-electron chi connectivity index (χ0n) is 10.5. The number of hydrogen-bond acceptors (Lipinski definition) is 4. The van der Waals surface area contributed by atoms with Gasteiger partial charge in [0.2, 0.25) is 0 Å². The van der Waals surface area contributed by atoms with Crippen molar-refractivity contribution in [3.05, 3.63) is 23.5 Å². The molecule has 0 spiro atoms. The number of rotatable bonds is 7. The predicted octanol–water partition coefficient (Wildman–Crippen LogP) is 1.74. The molecule has 96 valence electrons. The third kappa shape index (κ3) is 5.35. The molecule has 1 aromatic heterocycles. The van der Waals surface area contributed by atoms with E-state index in [-0.39, 0.29) is 5.38 Å². The van der Waals surface area contributed by atoms with Gasteiger partial charge in [0, 0.05) is 38.0 Å². The van der Waals surface area contributed by atoms with Gasteiger partial charge in [-0.25, -0.2) is 0 Å². The molecule has 0 aliphatic heterocycles. The van der Waals surface area contributed by atoms with Crippen molar-refractivity contribution < 1.29 is 9.47 Å². The van der Waals surface area contributed by atoms with Gasteiger partial charge < -0.3 is 14.8 Å². The van der Waals surface area contributed by atoms with E-state index in [4.69, 9.17) is 21.1 Å². The molecule has 0 radical (unpaired) electrons. The van der Waals surface area contributed by atoms with Crippen LogP contribution in [-0.4, -0.2) is 37.7 Å². The minimum atomic E-state index is -0.0216. The lowest BCUT2D eigenvalue weighted by Gasteiger charge is -2.10. The molecule has 0 amide bonds. The maximum atomic E-state index is 6.00. The maximum Gasteiger partial charge on any atom is 0.122 e. The fourth-order valence-corrected chi connectivity index (χ4v) is 1.74. The Morgan fingerprint density at radius 3 is 2.82 bits per heavy atom. The van der Waals surface area contributed by atoms with Gasteiger partial charge >= 0.3 is 0 Å². The molecule has 0 saturated heterocycles. The Balaban J connectivity index is 2.43. The molecule has 1 unspecified atom stereocenters. The summed E-state index contributed by atoms with van der Waals surface area (Å²) >= 11 is 6.00. The fraction of sp³-hybridized carbons (Fsp3) is 0.583. The second kappa shape index (κ2) is 7.48. The van der Waals surface area contributed by atoms with Crippen LogP contribution in [0.4, 0.5) is 0 Å². The van der Waals surface area contributed by atoms with Crippen LogP contribution in [0, 0.1) is 6.92 Å². The van der Waals surface area contributed by atoms with Crippen molar-refractivity contribution in [1.29, 1.82) is 0 Å². The highest BCUT2D eigenvalue weighted by atomic mass is 35.5. The zero-order chi connectivity index (χ0) is 12.7. The highest BCUT2D eigenvalue weighted by Crippen LogP contribution is 2.13. The molecule has 1 atom stereocenters. The number of halogens is 1. The number of methoxy groups -OCH3 is 2. The van der Waals surface area contributed by atoms with Gasteiger partial charge in [-0.2, -0.15) is 0 Å². The van der Waals surface area contributed by atoms with E-state index in [1.54, 1.807) is 14.2 Å². The summed E-state index contributed by atoms with van der Waals surface area (Å²) in [5, 5.41) is 3.21. The summed E-state index contributed by atoms with van der Waals surface area (Å²) in [5.41, 5.74) is 1.89. The summed E-state index contributed by atoms with van der Waals surface area (Å²) in [6.45, 7) is 3.85. The van der Waals surface area contributed by atoms with Gasteiger partial charge in [0.15, 0.2) is 0 Å². The van der Waals surface area contributed by atoms with Crippen LogP contribution in [0.15, 0.2) is 12.1 Å². The van der Waals surface area contributed by atoms with Gasteiger partial charge in [-0.3, -0.25) is 4.98 Å². The molecule has 1 heterocycles. The fourth-order valence-electron chi connectivity index (χ4n) is 1.51. The second-order valence-electron chi connectivity index (χ2n) is 3.82. The van der Waals surface area contributed by atoms with Crippen molar-refractivity contribution in [2.75, 3.05) is 27.4 Å². The molecule has 17 heavy (non-hydrogen) atoms. The molecule has 5 heteroatoms. The summed E-state index contributed by atoms with van der Waals surface area (Å²) < 4.78 is 10.1. The van der Waals surface area contributed by atoms with E-state index in [0.717, 1.165) is 17.1 Å². The third-order valence-electron chi connectivity index (χ3n) is 2.24. The van der Waals surface area contributed by atoms with Gasteiger partial charge in [-0.1, -0.05) is 0 Å². The van der Waals surface area contributed by atoms with Crippen molar-refractivity contribution in [1.82, 2.24) is 10.3 Å². The zero-order valence-corrected chi connectivity index (χ0v) is 11.3. The number of nitrogens with one attached hydrogen (secondary N) is 1. The van der Waals surface area contributed by atoms with Crippen LogP contribution in [0.25, 0.3) is 0 Å². The van der Waals surface area contributed by atoms with Crippen molar-refractivity contribution in [3.63, 3.8) is 0 Å². The van der Waals surface area contributed by atoms with Crippen LogP contribution >= 0.6 is 11.6 Å². The van der Waals surface area contributed by atoms with Crippen molar-refractivity contribution in [2.24, 2.45) is 0 Å². The Labute approximate surface area is 107 Å². The molecule has 4 nitrogen and oxygen atoms in total. The number of aromatic nitrogens is 1. The highest BCUT2D eigenvalue weighted by molar-refractivity contribution is 6.20. The van der Waals surface area contributed by atoms with E-state index in [1.807, 2.05) is 19.1 Å². The first-order valence-corrected chi connectivity index (χ1v) is 5.94. The molecule has 0 aliphatic carbocycles. The van der Waals surface area contributed by atoms with E-state index in [0.29, 0.717) is 19.7 Å². The van der Waals surface area contributed by atoms with Gasteiger partial charge in [-0.15, -0.1) is 11.6 Å². The highest BCUT2D eigenvalue weighted by Gasteiger charge is 2.04. The summed E-state index contributed by atoms with van der Waals surface area (Å²) in [6, 6.07) is 3.82. The number of pyridine rings is 1. The molecule has 0 aromatic carbocycles. The molecular weight excluding hydrogens is 240 g/mol. The summed E-state index contributed by atoms with van der Waals surface area (Å²) in [6.07, 6.45) is 0. The minimum Gasteiger partial charge on any atom is -0.497 e. The SMILES string of the molecule is COCC(Cl)CNCc1cc(OC)cc(C)n1. The number of aryl methyl sites for hydroxylation is 1. The van der Waals surface area contributed by atoms with Gasteiger partial charge in [0.05, 0.1) is 24.8 Å². The van der Waals surface area contributed by atoms with Crippen molar-refractivity contribution >= 4 is 11.6 Å². The number of nitrogens with zero attached hydrogens (tertiary/aromatic N) is 1. The summed E-state index contributed by atoms with van der Waals surface area (Å²) in [7, 11) is 3.29. The first kappa shape index (κ1) is 14.2. The van der Waals surface area contributed by atoms with E-state index >= 15 is 0 Å². The minimum absolute atomic E-state index is 0.0216. The lowest BCUT2D eigenvalue weighted by atomic mass is 10.3. The molecule has 0 bridgehead atoms. The van der Waals surface area contributed by atoms with Crippen molar-refractivity contribution in [2.45, 2.75) is 18.8 Å². The molecule has 1 N–H and O–H groups in total. The Morgan fingerprint density at radius 1 is 1.41 bits per heavy atom. The Hall–Kier alpha value is -0.840. The van der Waals surface area contributed by atoms with Crippen LogP contribution in [-0.2, 0) is 11.3 Å². The standard InChI is InChI=1S/C12H19ClN2O2/c1-9-4-12(17-3)5-11(15-9)7-14-6-10(13)8-16-2/h4-5,10,14H,6-8H2,1-3H3. The van der Waals surface area contributed by atoms with Crippen molar-refractivity contribution in [3.8, 4) is 5.75 Å². The lowest BCUT2D eigenvalue weighted by Crippen LogP contribution is -2.26. The van der Waals surface area contributed by atoms with Crippen LogP contribution in [0.5, 0.6) is 5.75 Å².